The molecule has 158 valence electrons. The number of nitrogens with two attached hydrogens (primary N) is 1. The van der Waals surface area contributed by atoms with Gasteiger partial charge in [-0.2, -0.15) is 0 Å². The average Bonchev–Trinajstić information content (AvgIpc) is 2.74. The highest BCUT2D eigenvalue weighted by Gasteiger charge is 2.14. The van der Waals surface area contributed by atoms with E-state index in [9.17, 15) is 4.39 Å². The van der Waals surface area contributed by atoms with Gasteiger partial charge in [-0.1, -0.05) is 0 Å². The molecule has 1 aromatic carbocycles. The topological polar surface area (TPSA) is 82.7 Å². The predicted molar refractivity (Wildman–Crippen MR) is 113 cm³/mol. The SMILES string of the molecule is Cc1cc2nccc(Oc3ccc(N)cc3F)c2nc1OCCCN1CCOCC1. The van der Waals surface area contributed by atoms with Crippen LogP contribution in [0, 0.1) is 12.7 Å². The Morgan fingerprint density at radius 1 is 1.17 bits per heavy atom. The molecular formula is C22H25FN4O3. The maximum Gasteiger partial charge on any atom is 0.217 e. The minimum Gasteiger partial charge on any atom is -0.477 e. The van der Waals surface area contributed by atoms with Gasteiger partial charge in [0.2, 0.25) is 5.88 Å². The number of anilines is 1. The second kappa shape index (κ2) is 9.23. The molecule has 0 unspecified atom stereocenters. The molecule has 1 aliphatic rings. The summed E-state index contributed by atoms with van der Waals surface area (Å²) in [6.07, 6.45) is 2.50. The Bertz CT molecular complexity index is 1020. The number of pyridine rings is 2. The second-order valence-corrected chi connectivity index (χ2v) is 7.24. The van der Waals surface area contributed by atoms with Gasteiger partial charge in [0.15, 0.2) is 17.3 Å². The van der Waals surface area contributed by atoms with Crippen molar-refractivity contribution >= 4 is 16.7 Å². The highest BCUT2D eigenvalue weighted by Crippen LogP contribution is 2.32. The first-order valence-corrected chi connectivity index (χ1v) is 10.0. The normalized spacial score (nSPS) is 14.7. The van der Waals surface area contributed by atoms with E-state index < -0.39 is 5.82 Å². The summed E-state index contributed by atoms with van der Waals surface area (Å²) in [5.41, 5.74) is 8.00. The van der Waals surface area contributed by atoms with Gasteiger partial charge in [0, 0.05) is 49.2 Å². The van der Waals surface area contributed by atoms with Crippen LogP contribution < -0.4 is 15.2 Å². The predicted octanol–water partition coefficient (Wildman–Crippen LogP) is 3.55. The van der Waals surface area contributed by atoms with Crippen molar-refractivity contribution in [3.8, 4) is 17.4 Å². The minimum absolute atomic E-state index is 0.0760. The van der Waals surface area contributed by atoms with Crippen molar-refractivity contribution in [3.63, 3.8) is 0 Å². The smallest absolute Gasteiger partial charge is 0.217 e. The Hall–Kier alpha value is -2.97. The van der Waals surface area contributed by atoms with E-state index in [1.54, 1.807) is 18.3 Å². The van der Waals surface area contributed by atoms with Crippen molar-refractivity contribution in [1.82, 2.24) is 14.9 Å². The third kappa shape index (κ3) is 4.77. The lowest BCUT2D eigenvalue weighted by atomic mass is 10.2. The maximum absolute atomic E-state index is 14.2. The molecule has 4 rings (SSSR count). The Balaban J connectivity index is 1.48. The molecule has 3 aromatic rings. The molecule has 0 atom stereocenters. The van der Waals surface area contributed by atoms with Gasteiger partial charge in [0.05, 0.1) is 25.3 Å². The van der Waals surface area contributed by atoms with E-state index in [1.165, 1.54) is 12.1 Å². The summed E-state index contributed by atoms with van der Waals surface area (Å²) in [4.78, 5) is 11.3. The quantitative estimate of drug-likeness (QED) is 0.469. The van der Waals surface area contributed by atoms with Gasteiger partial charge in [-0.15, -0.1) is 0 Å². The van der Waals surface area contributed by atoms with Gasteiger partial charge >= 0.3 is 0 Å². The van der Waals surface area contributed by atoms with Gasteiger partial charge < -0.3 is 19.9 Å². The van der Waals surface area contributed by atoms with E-state index in [-0.39, 0.29) is 5.75 Å². The maximum atomic E-state index is 14.2. The second-order valence-electron chi connectivity index (χ2n) is 7.24. The van der Waals surface area contributed by atoms with Crippen LogP contribution in [0.1, 0.15) is 12.0 Å². The summed E-state index contributed by atoms with van der Waals surface area (Å²) in [6.45, 7) is 6.94. The Morgan fingerprint density at radius 2 is 2.00 bits per heavy atom. The molecule has 2 N–H and O–H groups in total. The number of ether oxygens (including phenoxy) is 3. The molecule has 0 spiro atoms. The summed E-state index contributed by atoms with van der Waals surface area (Å²) in [7, 11) is 0. The lowest BCUT2D eigenvalue weighted by molar-refractivity contribution is 0.0357. The molecule has 0 aliphatic carbocycles. The molecule has 2 aromatic heterocycles. The van der Waals surface area contributed by atoms with Crippen molar-refractivity contribution in [1.29, 1.82) is 0 Å². The number of benzene rings is 1. The van der Waals surface area contributed by atoms with Gasteiger partial charge in [-0.05, 0) is 31.5 Å². The van der Waals surface area contributed by atoms with Gasteiger partial charge in [0.1, 0.15) is 5.52 Å². The summed E-state index contributed by atoms with van der Waals surface area (Å²) in [5.74, 6) is 0.473. The Kier molecular flexibility index (Phi) is 6.25. The first-order chi connectivity index (χ1) is 14.6. The fourth-order valence-electron chi connectivity index (χ4n) is 3.35. The molecule has 0 amide bonds. The molecular weight excluding hydrogens is 387 g/mol. The summed E-state index contributed by atoms with van der Waals surface area (Å²) in [5, 5.41) is 0. The number of aromatic nitrogens is 2. The standard InChI is InChI=1S/C22H25FN4O3/c1-15-13-18-21(26-22(15)29-10-2-7-27-8-11-28-12-9-27)20(5-6-25-18)30-19-4-3-16(24)14-17(19)23/h3-6,13-14H,2,7-12,24H2,1H3. The molecule has 1 saturated heterocycles. The number of aryl methyl sites for hydroxylation is 1. The monoisotopic (exact) mass is 412 g/mol. The fraction of sp³-hybridized carbons (Fsp3) is 0.364. The third-order valence-electron chi connectivity index (χ3n) is 4.96. The van der Waals surface area contributed by atoms with Gasteiger partial charge in [-0.25, -0.2) is 9.37 Å². The number of fused-ring (bicyclic) bond motifs is 1. The molecule has 0 bridgehead atoms. The van der Waals surface area contributed by atoms with Crippen LogP contribution in [-0.2, 0) is 4.74 Å². The number of rotatable bonds is 7. The van der Waals surface area contributed by atoms with Crippen LogP contribution in [-0.4, -0.2) is 54.3 Å². The number of halogens is 1. The van der Waals surface area contributed by atoms with Crippen molar-refractivity contribution in [2.24, 2.45) is 0 Å². The van der Waals surface area contributed by atoms with E-state index in [1.807, 2.05) is 13.0 Å². The van der Waals surface area contributed by atoms with E-state index in [4.69, 9.17) is 19.9 Å². The number of nitrogen functional groups attached to an aromatic ring is 1. The zero-order chi connectivity index (χ0) is 20.9. The summed E-state index contributed by atoms with van der Waals surface area (Å²) >= 11 is 0. The minimum atomic E-state index is -0.535. The van der Waals surface area contributed by atoms with Crippen molar-refractivity contribution in [2.45, 2.75) is 13.3 Å². The van der Waals surface area contributed by atoms with Crippen LogP contribution in [0.4, 0.5) is 10.1 Å². The molecule has 30 heavy (non-hydrogen) atoms. The number of hydrogen-bond donors (Lipinski definition) is 1. The third-order valence-corrected chi connectivity index (χ3v) is 4.96. The van der Waals surface area contributed by atoms with Crippen LogP contribution in [0.5, 0.6) is 17.4 Å². The van der Waals surface area contributed by atoms with E-state index in [0.717, 1.165) is 44.8 Å². The zero-order valence-corrected chi connectivity index (χ0v) is 16.9. The zero-order valence-electron chi connectivity index (χ0n) is 16.9. The van der Waals surface area contributed by atoms with Crippen LogP contribution in [0.2, 0.25) is 0 Å². The van der Waals surface area contributed by atoms with Crippen LogP contribution in [0.25, 0.3) is 11.0 Å². The lowest BCUT2D eigenvalue weighted by Crippen LogP contribution is -2.37. The number of morpholine rings is 1. The summed E-state index contributed by atoms with van der Waals surface area (Å²) in [6, 6.07) is 7.85. The fourth-order valence-corrected chi connectivity index (χ4v) is 3.35. The van der Waals surface area contributed by atoms with Crippen LogP contribution in [0.15, 0.2) is 36.5 Å². The first-order valence-electron chi connectivity index (χ1n) is 10.0. The molecule has 3 heterocycles. The first kappa shape index (κ1) is 20.3. The average molecular weight is 412 g/mol. The van der Waals surface area contributed by atoms with Crippen molar-refractivity contribution in [3.05, 3.63) is 47.9 Å². The molecule has 1 aliphatic heterocycles. The van der Waals surface area contributed by atoms with Crippen LogP contribution in [0.3, 0.4) is 0 Å². The molecule has 0 saturated carbocycles. The van der Waals surface area contributed by atoms with Gasteiger partial charge in [-0.3, -0.25) is 9.88 Å². The lowest BCUT2D eigenvalue weighted by Gasteiger charge is -2.26. The van der Waals surface area contributed by atoms with Crippen molar-refractivity contribution in [2.75, 3.05) is 45.2 Å². The molecule has 8 heteroatoms. The van der Waals surface area contributed by atoms with E-state index in [0.29, 0.717) is 35.0 Å². The molecule has 7 nitrogen and oxygen atoms in total. The molecule has 1 fully saturated rings. The number of hydrogen-bond acceptors (Lipinski definition) is 7. The molecule has 0 radical (unpaired) electrons. The Morgan fingerprint density at radius 3 is 2.80 bits per heavy atom. The van der Waals surface area contributed by atoms with E-state index >= 15 is 0 Å². The van der Waals surface area contributed by atoms with Crippen molar-refractivity contribution < 1.29 is 18.6 Å². The van der Waals surface area contributed by atoms with Gasteiger partial charge in [0.25, 0.3) is 0 Å². The van der Waals surface area contributed by atoms with E-state index in [2.05, 4.69) is 14.9 Å². The highest BCUT2D eigenvalue weighted by molar-refractivity contribution is 5.82. The highest BCUT2D eigenvalue weighted by atomic mass is 19.1. The van der Waals surface area contributed by atoms with Crippen LogP contribution >= 0.6 is 0 Å². The largest absolute Gasteiger partial charge is 0.477 e. The number of nitrogens with zero attached hydrogens (tertiary/aromatic N) is 3. The summed E-state index contributed by atoms with van der Waals surface area (Å²) < 4.78 is 31.2. The Labute approximate surface area is 174 Å².